The van der Waals surface area contributed by atoms with Crippen LogP contribution in [0.3, 0.4) is 0 Å². The monoisotopic (exact) mass is 452 g/mol. The van der Waals surface area contributed by atoms with Gasteiger partial charge in [-0.25, -0.2) is 4.68 Å². The van der Waals surface area contributed by atoms with E-state index in [2.05, 4.69) is 10.6 Å². The Bertz CT molecular complexity index is 1350. The van der Waals surface area contributed by atoms with Crippen molar-refractivity contribution in [3.63, 3.8) is 0 Å². The zero-order chi connectivity index (χ0) is 23.7. The third kappa shape index (κ3) is 3.71. The molecule has 7 heteroatoms. The first-order valence-electron chi connectivity index (χ1n) is 11.0. The summed E-state index contributed by atoms with van der Waals surface area (Å²) in [6, 6.07) is 25.2. The number of hydrogen-bond acceptors (Lipinski definition) is 4. The van der Waals surface area contributed by atoms with Gasteiger partial charge >= 0.3 is 0 Å². The predicted octanol–water partition coefficient (Wildman–Crippen LogP) is 4.07. The van der Waals surface area contributed by atoms with Crippen LogP contribution in [0, 0.1) is 6.92 Å². The number of hydrogen-bond donors (Lipinski definition) is 2. The van der Waals surface area contributed by atoms with E-state index in [1.165, 1.54) is 0 Å². The van der Waals surface area contributed by atoms with Crippen molar-refractivity contribution in [2.75, 3.05) is 12.4 Å². The molecule has 0 fully saturated rings. The van der Waals surface area contributed by atoms with Crippen LogP contribution in [-0.2, 0) is 4.79 Å². The average Bonchev–Trinajstić information content (AvgIpc) is 3.21. The van der Waals surface area contributed by atoms with Crippen molar-refractivity contribution in [3.8, 4) is 11.4 Å². The minimum atomic E-state index is -0.858. The second-order valence-corrected chi connectivity index (χ2v) is 8.12. The summed E-state index contributed by atoms with van der Waals surface area (Å²) in [7, 11) is 1.60. The number of amides is 2. The Balaban J connectivity index is 1.66. The van der Waals surface area contributed by atoms with Gasteiger partial charge in [0.15, 0.2) is 0 Å². The molecular weight excluding hydrogens is 428 g/mol. The van der Waals surface area contributed by atoms with Gasteiger partial charge in [0.2, 0.25) is 5.91 Å². The van der Waals surface area contributed by atoms with Crippen LogP contribution in [0.4, 0.5) is 5.82 Å². The van der Waals surface area contributed by atoms with Gasteiger partial charge < -0.3 is 15.4 Å². The molecule has 3 aromatic carbocycles. The van der Waals surface area contributed by atoms with Crippen LogP contribution in [0.1, 0.15) is 33.1 Å². The number of anilines is 1. The van der Waals surface area contributed by atoms with E-state index >= 15 is 0 Å². The summed E-state index contributed by atoms with van der Waals surface area (Å²) in [6.07, 6.45) is 0. The summed E-state index contributed by atoms with van der Waals surface area (Å²) < 4.78 is 7.38. The van der Waals surface area contributed by atoms with E-state index in [-0.39, 0.29) is 11.8 Å². The van der Waals surface area contributed by atoms with Crippen LogP contribution in [0.25, 0.3) is 5.69 Å². The molecule has 170 valence electrons. The first-order chi connectivity index (χ1) is 16.6. The lowest BCUT2D eigenvalue weighted by molar-refractivity contribution is -0.118. The van der Waals surface area contributed by atoms with Gasteiger partial charge in [-0.1, -0.05) is 54.6 Å². The van der Waals surface area contributed by atoms with Gasteiger partial charge in [-0.05, 0) is 37.3 Å². The third-order valence-electron chi connectivity index (χ3n) is 6.07. The van der Waals surface area contributed by atoms with Gasteiger partial charge in [-0.3, -0.25) is 9.59 Å². The van der Waals surface area contributed by atoms with Gasteiger partial charge in [0, 0.05) is 22.6 Å². The van der Waals surface area contributed by atoms with Gasteiger partial charge in [-0.2, -0.15) is 5.10 Å². The van der Waals surface area contributed by atoms with Crippen LogP contribution < -0.4 is 15.4 Å². The van der Waals surface area contributed by atoms with Gasteiger partial charge in [-0.15, -0.1) is 0 Å². The number of nitrogens with zero attached hydrogens (tertiary/aromatic N) is 2. The van der Waals surface area contributed by atoms with Gasteiger partial charge in [0.05, 0.1) is 18.5 Å². The maximum atomic E-state index is 13.5. The summed E-state index contributed by atoms with van der Waals surface area (Å²) in [6.45, 7) is 1.91. The summed E-state index contributed by atoms with van der Waals surface area (Å²) in [5, 5.41) is 10.7. The number of para-hydroxylation sites is 2. The zero-order valence-electron chi connectivity index (χ0n) is 18.9. The van der Waals surface area contributed by atoms with Crippen molar-refractivity contribution in [3.05, 3.63) is 107 Å². The van der Waals surface area contributed by atoms with Crippen LogP contribution in [0.2, 0.25) is 0 Å². The first-order valence-corrected chi connectivity index (χ1v) is 11.0. The summed E-state index contributed by atoms with van der Waals surface area (Å²) in [4.78, 5) is 26.6. The van der Waals surface area contributed by atoms with Gasteiger partial charge in [0.25, 0.3) is 5.91 Å². The molecule has 2 atom stereocenters. The maximum Gasteiger partial charge on any atom is 0.251 e. The highest BCUT2D eigenvalue weighted by Gasteiger charge is 2.42. The Kier molecular flexibility index (Phi) is 5.59. The highest BCUT2D eigenvalue weighted by atomic mass is 16.5. The molecule has 0 aliphatic carbocycles. The average molecular weight is 453 g/mol. The number of carbonyl (C=O) groups is 2. The summed E-state index contributed by atoms with van der Waals surface area (Å²) in [5.41, 5.74) is 3.71. The van der Waals surface area contributed by atoms with E-state index < -0.39 is 12.0 Å². The first kappa shape index (κ1) is 21.5. The van der Waals surface area contributed by atoms with E-state index in [0.29, 0.717) is 17.1 Å². The highest BCUT2D eigenvalue weighted by molar-refractivity contribution is 6.04. The van der Waals surface area contributed by atoms with E-state index in [4.69, 9.17) is 9.84 Å². The van der Waals surface area contributed by atoms with E-state index in [0.717, 1.165) is 22.5 Å². The van der Waals surface area contributed by atoms with Crippen LogP contribution >= 0.6 is 0 Å². The number of fused-ring (bicyclic) bond motifs is 1. The summed E-state index contributed by atoms with van der Waals surface area (Å²) in [5.74, 6) is 0.0979. The smallest absolute Gasteiger partial charge is 0.251 e. The normalized spacial score (nSPS) is 16.9. The number of carbonyl (C=O) groups excluding carboxylic acids is 2. The fraction of sp³-hybridized carbons (Fsp3) is 0.148. The fourth-order valence-electron chi connectivity index (χ4n) is 4.52. The lowest BCUT2D eigenvalue weighted by Gasteiger charge is -2.33. The second-order valence-electron chi connectivity index (χ2n) is 8.12. The lowest BCUT2D eigenvalue weighted by atomic mass is 9.81. The molecule has 0 unspecified atom stereocenters. The second kappa shape index (κ2) is 8.86. The number of rotatable bonds is 5. The molecule has 1 aromatic heterocycles. The Labute approximate surface area is 197 Å². The largest absolute Gasteiger partial charge is 0.496 e. The molecular formula is C27H24N4O3. The maximum absolute atomic E-state index is 13.5. The van der Waals surface area contributed by atoms with Crippen molar-refractivity contribution < 1.29 is 14.3 Å². The van der Waals surface area contributed by atoms with E-state index in [9.17, 15) is 9.59 Å². The van der Waals surface area contributed by atoms with E-state index in [1.807, 2.05) is 67.6 Å². The Morgan fingerprint density at radius 3 is 2.32 bits per heavy atom. The Hall–Kier alpha value is -4.39. The molecule has 34 heavy (non-hydrogen) atoms. The molecule has 0 saturated carbocycles. The van der Waals surface area contributed by atoms with E-state index in [1.54, 1.807) is 36.1 Å². The fourth-order valence-corrected chi connectivity index (χ4v) is 4.52. The highest BCUT2D eigenvalue weighted by Crippen LogP contribution is 2.43. The minimum absolute atomic E-state index is 0.315. The summed E-state index contributed by atoms with van der Waals surface area (Å²) >= 11 is 0. The quantitative estimate of drug-likeness (QED) is 0.478. The third-order valence-corrected chi connectivity index (χ3v) is 6.07. The molecule has 0 spiro atoms. The van der Waals surface area contributed by atoms with Crippen molar-refractivity contribution in [1.82, 2.24) is 15.1 Å². The Morgan fingerprint density at radius 2 is 1.62 bits per heavy atom. The predicted molar refractivity (Wildman–Crippen MR) is 129 cm³/mol. The van der Waals surface area contributed by atoms with Crippen molar-refractivity contribution in [1.29, 1.82) is 0 Å². The molecule has 0 bridgehead atoms. The molecule has 1 aliphatic heterocycles. The van der Waals surface area contributed by atoms with Crippen molar-refractivity contribution >= 4 is 17.6 Å². The molecule has 2 amide bonds. The number of aromatic nitrogens is 2. The molecule has 4 aromatic rings. The van der Waals surface area contributed by atoms with Crippen molar-refractivity contribution in [2.24, 2.45) is 0 Å². The number of ether oxygens (including phenoxy) is 1. The topological polar surface area (TPSA) is 85.2 Å². The molecule has 0 radical (unpaired) electrons. The number of benzene rings is 3. The SMILES string of the molecule is COc1ccccc1[C@@H]1c2c(C)nn(-c3ccccc3)c2NC(=O)[C@H]1NC(=O)c1ccccc1. The van der Waals surface area contributed by atoms with Crippen molar-refractivity contribution in [2.45, 2.75) is 18.9 Å². The molecule has 5 rings (SSSR count). The number of methoxy groups -OCH3 is 1. The van der Waals surface area contributed by atoms with Crippen LogP contribution in [-0.4, -0.2) is 34.7 Å². The Morgan fingerprint density at radius 1 is 0.971 bits per heavy atom. The molecule has 2 N–H and O–H groups in total. The standard InChI is InChI=1S/C27H24N4O3/c1-17-22-23(20-15-9-10-16-21(20)34-2)24(28-26(32)18-11-5-3-6-12-18)27(33)29-25(22)31(30-17)19-13-7-4-8-14-19/h3-16,23-24H,1-2H3,(H,28,32)(H,29,33)/t23-,24+/m1/s1. The number of aryl methyl sites for hydroxylation is 1. The minimum Gasteiger partial charge on any atom is -0.496 e. The van der Waals surface area contributed by atoms with Gasteiger partial charge in [0.1, 0.15) is 17.6 Å². The zero-order valence-corrected chi connectivity index (χ0v) is 18.9. The lowest BCUT2D eigenvalue weighted by Crippen LogP contribution is -2.50. The molecule has 0 saturated heterocycles. The molecule has 7 nitrogen and oxygen atoms in total. The molecule has 1 aliphatic rings. The van der Waals surface area contributed by atoms with Crippen LogP contribution in [0.15, 0.2) is 84.9 Å². The number of nitrogens with one attached hydrogen (secondary N) is 2. The van der Waals surface area contributed by atoms with Crippen LogP contribution in [0.5, 0.6) is 5.75 Å². The molecule has 2 heterocycles.